The van der Waals surface area contributed by atoms with Crippen molar-refractivity contribution in [3.63, 3.8) is 0 Å². The third-order valence-corrected chi connectivity index (χ3v) is 4.82. The summed E-state index contributed by atoms with van der Waals surface area (Å²) < 4.78 is 22.5. The topological polar surface area (TPSA) is 89.8 Å². The van der Waals surface area contributed by atoms with Gasteiger partial charge in [-0.3, -0.25) is 4.79 Å². The quantitative estimate of drug-likeness (QED) is 0.391. The Balaban J connectivity index is 2.23. The van der Waals surface area contributed by atoms with Crippen LogP contribution in [0.4, 0.5) is 0 Å². The summed E-state index contributed by atoms with van der Waals surface area (Å²) >= 11 is 3.46. The van der Waals surface area contributed by atoms with Crippen LogP contribution in [0.1, 0.15) is 25.0 Å². The highest BCUT2D eigenvalue weighted by atomic mass is 79.9. The maximum atomic E-state index is 12.6. The number of ether oxygens (including phenoxy) is 4. The largest absolute Gasteiger partial charge is 0.497 e. The normalized spacial score (nSPS) is 10.8. The van der Waals surface area contributed by atoms with Crippen molar-refractivity contribution < 1.29 is 23.7 Å². The average molecular weight is 489 g/mol. The number of methoxy groups -OCH3 is 2. The van der Waals surface area contributed by atoms with Crippen LogP contribution in [0, 0.1) is 11.3 Å². The Bertz CT molecular complexity index is 998. The molecule has 0 heterocycles. The van der Waals surface area contributed by atoms with E-state index < -0.39 is 5.91 Å². The van der Waals surface area contributed by atoms with Crippen molar-refractivity contribution in [3.05, 3.63) is 51.5 Å². The number of carbonyl (C=O) groups excluding carboxylic acids is 1. The molecule has 1 N–H and O–H groups in total. The van der Waals surface area contributed by atoms with E-state index in [1.165, 1.54) is 6.08 Å². The fourth-order valence-electron chi connectivity index (χ4n) is 2.80. The standard InChI is InChI=1S/C23H25BrN2O5/c1-5-30-21-11-15(10-19(24)22(21)31-6-2)9-17(13-25)23(27)26-14-16-7-8-18(28-3)12-20(16)29-4/h7-12H,5-6,14H2,1-4H3,(H,26,27)/b17-9+. The molecule has 0 saturated carbocycles. The van der Waals surface area contributed by atoms with Crippen molar-refractivity contribution in [2.45, 2.75) is 20.4 Å². The molecule has 2 aromatic rings. The summed E-state index contributed by atoms with van der Waals surface area (Å²) in [4.78, 5) is 12.6. The molecule has 0 saturated heterocycles. The number of hydrogen-bond donors (Lipinski definition) is 1. The van der Waals surface area contributed by atoms with Crippen LogP contribution in [0.3, 0.4) is 0 Å². The molecule has 0 aliphatic heterocycles. The van der Waals surface area contributed by atoms with Crippen LogP contribution in [0.25, 0.3) is 6.08 Å². The summed E-state index contributed by atoms with van der Waals surface area (Å²) in [5.41, 5.74) is 1.36. The third-order valence-electron chi connectivity index (χ3n) is 4.23. The second-order valence-corrected chi connectivity index (χ2v) is 7.08. The highest BCUT2D eigenvalue weighted by Crippen LogP contribution is 2.37. The zero-order valence-corrected chi connectivity index (χ0v) is 19.5. The summed E-state index contributed by atoms with van der Waals surface area (Å²) in [6.07, 6.45) is 1.50. The number of nitrogens with one attached hydrogen (secondary N) is 1. The molecule has 164 valence electrons. The van der Waals surface area contributed by atoms with Crippen LogP contribution in [-0.4, -0.2) is 33.3 Å². The van der Waals surface area contributed by atoms with Gasteiger partial charge in [0.1, 0.15) is 23.1 Å². The van der Waals surface area contributed by atoms with Gasteiger partial charge in [0.2, 0.25) is 0 Å². The summed E-state index contributed by atoms with van der Waals surface area (Å²) in [5, 5.41) is 12.3. The Hall–Kier alpha value is -3.18. The lowest BCUT2D eigenvalue weighted by molar-refractivity contribution is -0.117. The lowest BCUT2D eigenvalue weighted by Crippen LogP contribution is -2.24. The molecule has 2 aromatic carbocycles. The second-order valence-electron chi connectivity index (χ2n) is 6.23. The monoisotopic (exact) mass is 488 g/mol. The van der Waals surface area contributed by atoms with Gasteiger partial charge in [0.15, 0.2) is 11.5 Å². The van der Waals surface area contributed by atoms with E-state index in [0.717, 1.165) is 5.56 Å². The van der Waals surface area contributed by atoms with Crippen molar-refractivity contribution in [1.82, 2.24) is 5.32 Å². The molecule has 31 heavy (non-hydrogen) atoms. The highest BCUT2D eigenvalue weighted by molar-refractivity contribution is 9.10. The van der Waals surface area contributed by atoms with Crippen molar-refractivity contribution in [1.29, 1.82) is 5.26 Å². The molecule has 0 atom stereocenters. The van der Waals surface area contributed by atoms with Gasteiger partial charge in [0, 0.05) is 18.2 Å². The van der Waals surface area contributed by atoms with Crippen LogP contribution in [0.5, 0.6) is 23.0 Å². The predicted octanol–water partition coefficient (Wildman–Crippen LogP) is 4.49. The first-order chi connectivity index (χ1) is 15.0. The number of amides is 1. The van der Waals surface area contributed by atoms with Gasteiger partial charge in [-0.05, 0) is 65.7 Å². The van der Waals surface area contributed by atoms with E-state index >= 15 is 0 Å². The number of hydrogen-bond acceptors (Lipinski definition) is 6. The molecule has 0 fully saturated rings. The van der Waals surface area contributed by atoms with Gasteiger partial charge in [0.25, 0.3) is 5.91 Å². The number of nitrogens with zero attached hydrogens (tertiary/aromatic N) is 1. The SMILES string of the molecule is CCOc1cc(/C=C(\C#N)C(=O)NCc2ccc(OC)cc2OC)cc(Br)c1OCC. The molecule has 8 heteroatoms. The number of rotatable bonds is 10. The van der Waals surface area contributed by atoms with Gasteiger partial charge in [-0.1, -0.05) is 0 Å². The second kappa shape index (κ2) is 11.9. The van der Waals surface area contributed by atoms with Gasteiger partial charge in [0.05, 0.1) is 31.9 Å². The average Bonchev–Trinajstić information content (AvgIpc) is 2.78. The van der Waals surface area contributed by atoms with Gasteiger partial charge in [-0.25, -0.2) is 0 Å². The Labute approximate surface area is 190 Å². The first-order valence-electron chi connectivity index (χ1n) is 9.67. The van der Waals surface area contributed by atoms with Gasteiger partial charge >= 0.3 is 0 Å². The fourth-order valence-corrected chi connectivity index (χ4v) is 3.38. The van der Waals surface area contributed by atoms with Crippen LogP contribution < -0.4 is 24.3 Å². The van der Waals surface area contributed by atoms with E-state index in [2.05, 4.69) is 21.2 Å². The van der Waals surface area contributed by atoms with E-state index in [1.54, 1.807) is 44.6 Å². The summed E-state index contributed by atoms with van der Waals surface area (Å²) in [7, 11) is 3.11. The molecule has 7 nitrogen and oxygen atoms in total. The summed E-state index contributed by atoms with van der Waals surface area (Å²) in [6.45, 7) is 4.88. The van der Waals surface area contributed by atoms with E-state index in [-0.39, 0.29) is 12.1 Å². The maximum Gasteiger partial charge on any atom is 0.262 e. The predicted molar refractivity (Wildman–Crippen MR) is 121 cm³/mol. The maximum absolute atomic E-state index is 12.6. The van der Waals surface area contributed by atoms with Gasteiger partial charge < -0.3 is 24.3 Å². The lowest BCUT2D eigenvalue weighted by atomic mass is 10.1. The Morgan fingerprint density at radius 3 is 2.45 bits per heavy atom. The fraction of sp³-hybridized carbons (Fsp3) is 0.304. The highest BCUT2D eigenvalue weighted by Gasteiger charge is 2.15. The minimum atomic E-state index is -0.497. The van der Waals surface area contributed by atoms with Crippen LogP contribution in [0.15, 0.2) is 40.4 Å². The van der Waals surface area contributed by atoms with Crippen LogP contribution in [0.2, 0.25) is 0 Å². The number of carbonyl (C=O) groups is 1. The number of halogens is 1. The molecule has 0 aromatic heterocycles. The summed E-state index contributed by atoms with van der Waals surface area (Å²) in [6, 6.07) is 10.8. The molecular formula is C23H25BrN2O5. The molecule has 0 bridgehead atoms. The summed E-state index contributed by atoms with van der Waals surface area (Å²) in [5.74, 6) is 1.85. The lowest BCUT2D eigenvalue weighted by Gasteiger charge is -2.14. The molecule has 1 amide bonds. The Kier molecular flexibility index (Phi) is 9.22. The van der Waals surface area contributed by atoms with Crippen molar-refractivity contribution in [3.8, 4) is 29.1 Å². The van der Waals surface area contributed by atoms with Crippen molar-refractivity contribution in [2.24, 2.45) is 0 Å². The minimum Gasteiger partial charge on any atom is -0.497 e. The Morgan fingerprint density at radius 1 is 1.10 bits per heavy atom. The van der Waals surface area contributed by atoms with E-state index in [4.69, 9.17) is 18.9 Å². The molecule has 0 aliphatic rings. The van der Waals surface area contributed by atoms with Crippen molar-refractivity contribution in [2.75, 3.05) is 27.4 Å². The van der Waals surface area contributed by atoms with Gasteiger partial charge in [-0.2, -0.15) is 5.26 Å². The third kappa shape index (κ3) is 6.40. The van der Waals surface area contributed by atoms with Crippen LogP contribution >= 0.6 is 15.9 Å². The van der Waals surface area contributed by atoms with E-state index in [0.29, 0.717) is 46.2 Å². The molecule has 0 unspecified atom stereocenters. The number of nitriles is 1. The molecule has 2 rings (SSSR count). The number of benzene rings is 2. The molecule has 0 radical (unpaired) electrons. The minimum absolute atomic E-state index is 0.0361. The Morgan fingerprint density at radius 2 is 1.84 bits per heavy atom. The van der Waals surface area contributed by atoms with E-state index in [1.807, 2.05) is 19.9 Å². The zero-order valence-electron chi connectivity index (χ0n) is 18.0. The van der Waals surface area contributed by atoms with Crippen LogP contribution in [-0.2, 0) is 11.3 Å². The van der Waals surface area contributed by atoms with Crippen molar-refractivity contribution >= 4 is 27.9 Å². The first kappa shape index (κ1) is 24.1. The smallest absolute Gasteiger partial charge is 0.262 e. The molecular weight excluding hydrogens is 464 g/mol. The molecule has 0 spiro atoms. The first-order valence-corrected chi connectivity index (χ1v) is 10.5. The van der Waals surface area contributed by atoms with Gasteiger partial charge in [-0.15, -0.1) is 0 Å². The zero-order chi connectivity index (χ0) is 22.8. The van der Waals surface area contributed by atoms with E-state index in [9.17, 15) is 10.1 Å². The molecule has 0 aliphatic carbocycles.